The van der Waals surface area contributed by atoms with Crippen molar-refractivity contribution in [2.75, 3.05) is 12.0 Å². The summed E-state index contributed by atoms with van der Waals surface area (Å²) in [6, 6.07) is 17.9. The van der Waals surface area contributed by atoms with Gasteiger partial charge in [0.1, 0.15) is 11.5 Å². The minimum Gasteiger partial charge on any atom is -0.507 e. The van der Waals surface area contributed by atoms with E-state index in [1.165, 1.54) is 18.1 Å². The number of aliphatic hydroxyl groups excluding tert-OH is 1. The lowest BCUT2D eigenvalue weighted by molar-refractivity contribution is -0.132. The van der Waals surface area contributed by atoms with Gasteiger partial charge in [-0.15, -0.1) is 0 Å². The number of rotatable bonds is 4. The van der Waals surface area contributed by atoms with Crippen molar-refractivity contribution in [2.45, 2.75) is 13.0 Å². The van der Waals surface area contributed by atoms with E-state index in [0.29, 0.717) is 32.6 Å². The highest BCUT2D eigenvalue weighted by molar-refractivity contribution is 6.51. The molecule has 1 unspecified atom stereocenters. The number of carbonyl (C=O) groups is 2. The number of aliphatic hydroxyl groups is 1. The van der Waals surface area contributed by atoms with Gasteiger partial charge in [-0.25, -0.2) is 0 Å². The zero-order valence-corrected chi connectivity index (χ0v) is 18.8. The number of hydrogen-bond donors (Lipinski definition) is 1. The Morgan fingerprint density at radius 1 is 1.00 bits per heavy atom. The Hall–Kier alpha value is -3.28. The molecule has 0 aliphatic carbocycles. The number of amides is 1. The molecular formula is C25H19Cl2NO4. The molecule has 1 amide bonds. The molecule has 4 rings (SSSR count). The van der Waals surface area contributed by atoms with Crippen LogP contribution in [0.15, 0.2) is 72.3 Å². The zero-order valence-electron chi connectivity index (χ0n) is 17.3. The van der Waals surface area contributed by atoms with Crippen molar-refractivity contribution in [1.82, 2.24) is 0 Å². The van der Waals surface area contributed by atoms with E-state index < -0.39 is 17.7 Å². The zero-order chi connectivity index (χ0) is 23.0. The second kappa shape index (κ2) is 8.69. The highest BCUT2D eigenvalue weighted by atomic mass is 35.5. The summed E-state index contributed by atoms with van der Waals surface area (Å²) in [6.07, 6.45) is 0. The van der Waals surface area contributed by atoms with Crippen LogP contribution in [0.25, 0.3) is 5.76 Å². The molecule has 0 aromatic heterocycles. The number of Topliss-reactive ketones (excluding diaryl/α,β-unsaturated/α-hetero) is 1. The largest absolute Gasteiger partial charge is 0.507 e. The monoisotopic (exact) mass is 467 g/mol. The lowest BCUT2D eigenvalue weighted by atomic mass is 9.94. The van der Waals surface area contributed by atoms with Crippen LogP contribution in [0.3, 0.4) is 0 Å². The third-order valence-electron chi connectivity index (χ3n) is 5.33. The van der Waals surface area contributed by atoms with Gasteiger partial charge in [-0.2, -0.15) is 0 Å². The van der Waals surface area contributed by atoms with E-state index >= 15 is 0 Å². The maximum atomic E-state index is 13.2. The maximum absolute atomic E-state index is 13.2. The fourth-order valence-corrected chi connectivity index (χ4v) is 4.14. The first kappa shape index (κ1) is 21.9. The number of nitrogens with zero attached hydrogens (tertiary/aromatic N) is 1. The van der Waals surface area contributed by atoms with E-state index in [0.717, 1.165) is 5.56 Å². The molecule has 0 saturated carbocycles. The number of benzene rings is 3. The highest BCUT2D eigenvalue weighted by Gasteiger charge is 2.47. The Morgan fingerprint density at radius 2 is 1.72 bits per heavy atom. The molecule has 32 heavy (non-hydrogen) atoms. The van der Waals surface area contributed by atoms with Crippen molar-refractivity contribution in [3.8, 4) is 5.75 Å². The Morgan fingerprint density at radius 3 is 2.38 bits per heavy atom. The van der Waals surface area contributed by atoms with Gasteiger partial charge in [-0.3, -0.25) is 14.5 Å². The van der Waals surface area contributed by atoms with Crippen molar-refractivity contribution in [3.05, 3.63) is 99.0 Å². The van der Waals surface area contributed by atoms with Gasteiger partial charge in [0.05, 0.1) is 23.7 Å². The molecular weight excluding hydrogens is 449 g/mol. The molecule has 3 aromatic rings. The van der Waals surface area contributed by atoms with Crippen LogP contribution in [-0.2, 0) is 9.59 Å². The topological polar surface area (TPSA) is 66.8 Å². The molecule has 0 spiro atoms. The third kappa shape index (κ3) is 3.85. The van der Waals surface area contributed by atoms with E-state index in [1.807, 2.05) is 31.2 Å². The van der Waals surface area contributed by atoms with Gasteiger partial charge in [0.25, 0.3) is 11.7 Å². The summed E-state index contributed by atoms with van der Waals surface area (Å²) in [4.78, 5) is 27.7. The van der Waals surface area contributed by atoms with E-state index in [4.69, 9.17) is 27.9 Å². The SMILES string of the molecule is COc1cc(/C(O)=C2/C(=O)C(=O)N(c3ccc(Cl)cc3)C2c2cccc(C)c2)ccc1Cl. The van der Waals surface area contributed by atoms with Gasteiger partial charge in [-0.05, 0) is 55.0 Å². The van der Waals surface area contributed by atoms with Crippen LogP contribution in [0.2, 0.25) is 10.0 Å². The summed E-state index contributed by atoms with van der Waals surface area (Å²) in [5.74, 6) is -1.48. The lowest BCUT2D eigenvalue weighted by Gasteiger charge is -2.25. The number of methoxy groups -OCH3 is 1. The molecule has 1 N–H and O–H groups in total. The number of ketones is 1. The van der Waals surface area contributed by atoms with Crippen molar-refractivity contribution >= 4 is 46.3 Å². The summed E-state index contributed by atoms with van der Waals surface area (Å²) in [5.41, 5.74) is 2.45. The van der Waals surface area contributed by atoms with Crippen LogP contribution in [-0.4, -0.2) is 23.9 Å². The number of halogens is 2. The molecule has 7 heteroatoms. The Bertz CT molecular complexity index is 1250. The predicted molar refractivity (Wildman–Crippen MR) is 125 cm³/mol. The molecule has 5 nitrogen and oxygen atoms in total. The number of aryl methyl sites for hydroxylation is 1. The van der Waals surface area contributed by atoms with E-state index in [-0.39, 0.29) is 11.3 Å². The van der Waals surface area contributed by atoms with Crippen LogP contribution >= 0.6 is 23.2 Å². The molecule has 1 aliphatic rings. The molecule has 1 aliphatic heterocycles. The molecule has 1 fully saturated rings. The second-order valence-electron chi connectivity index (χ2n) is 7.41. The Labute approximate surface area is 195 Å². The molecule has 1 atom stereocenters. The van der Waals surface area contributed by atoms with Crippen molar-refractivity contribution < 1.29 is 19.4 Å². The van der Waals surface area contributed by atoms with Crippen LogP contribution in [0, 0.1) is 6.92 Å². The molecule has 1 saturated heterocycles. The molecule has 0 radical (unpaired) electrons. The number of anilines is 1. The first-order valence-corrected chi connectivity index (χ1v) is 10.5. The van der Waals surface area contributed by atoms with Crippen LogP contribution in [0.1, 0.15) is 22.7 Å². The summed E-state index contributed by atoms with van der Waals surface area (Å²) in [5, 5.41) is 12.1. The summed E-state index contributed by atoms with van der Waals surface area (Å²) in [6.45, 7) is 1.92. The van der Waals surface area contributed by atoms with Crippen LogP contribution in [0.5, 0.6) is 5.75 Å². The van der Waals surface area contributed by atoms with Gasteiger partial charge >= 0.3 is 0 Å². The predicted octanol–water partition coefficient (Wildman–Crippen LogP) is 5.94. The van der Waals surface area contributed by atoms with Gasteiger partial charge in [-0.1, -0.05) is 53.0 Å². The normalized spacial score (nSPS) is 17.6. The molecule has 0 bridgehead atoms. The van der Waals surface area contributed by atoms with Crippen molar-refractivity contribution in [3.63, 3.8) is 0 Å². The molecule has 1 heterocycles. The average molecular weight is 468 g/mol. The van der Waals surface area contributed by atoms with Gasteiger partial charge in [0.15, 0.2) is 0 Å². The number of hydrogen-bond acceptors (Lipinski definition) is 4. The van der Waals surface area contributed by atoms with Crippen LogP contribution in [0.4, 0.5) is 5.69 Å². The smallest absolute Gasteiger partial charge is 0.300 e. The average Bonchev–Trinajstić information content (AvgIpc) is 3.05. The standard InChI is InChI=1S/C25H19Cl2NO4/c1-14-4-3-5-15(12-14)22-21(23(29)16-6-11-19(27)20(13-16)32-2)24(30)25(31)28(22)18-9-7-17(26)8-10-18/h3-13,22,29H,1-2H3/b23-21-. The number of carbonyl (C=O) groups excluding carboxylic acids is 2. The lowest BCUT2D eigenvalue weighted by Crippen LogP contribution is -2.29. The quantitative estimate of drug-likeness (QED) is 0.293. The third-order valence-corrected chi connectivity index (χ3v) is 5.90. The van der Waals surface area contributed by atoms with Gasteiger partial charge < -0.3 is 9.84 Å². The Balaban J connectivity index is 1.95. The van der Waals surface area contributed by atoms with E-state index in [2.05, 4.69) is 0 Å². The fourth-order valence-electron chi connectivity index (χ4n) is 3.82. The van der Waals surface area contributed by atoms with Gasteiger partial charge in [0, 0.05) is 16.3 Å². The van der Waals surface area contributed by atoms with Crippen LogP contribution < -0.4 is 9.64 Å². The second-order valence-corrected chi connectivity index (χ2v) is 8.25. The summed E-state index contributed by atoms with van der Waals surface area (Å²) < 4.78 is 5.23. The highest BCUT2D eigenvalue weighted by Crippen LogP contribution is 2.43. The fraction of sp³-hybridized carbons (Fsp3) is 0.120. The maximum Gasteiger partial charge on any atom is 0.300 e. The first-order valence-electron chi connectivity index (χ1n) is 9.79. The minimum atomic E-state index is -0.822. The number of ether oxygens (including phenoxy) is 1. The Kier molecular flexibility index (Phi) is 5.96. The van der Waals surface area contributed by atoms with E-state index in [1.54, 1.807) is 36.4 Å². The molecule has 162 valence electrons. The van der Waals surface area contributed by atoms with E-state index in [9.17, 15) is 14.7 Å². The minimum absolute atomic E-state index is 0.0140. The van der Waals surface area contributed by atoms with Crippen molar-refractivity contribution in [2.24, 2.45) is 0 Å². The summed E-state index contributed by atoms with van der Waals surface area (Å²) in [7, 11) is 1.46. The molecule has 3 aromatic carbocycles. The summed E-state index contributed by atoms with van der Waals surface area (Å²) >= 11 is 12.1. The van der Waals surface area contributed by atoms with Gasteiger partial charge in [0.2, 0.25) is 0 Å². The van der Waals surface area contributed by atoms with Crippen molar-refractivity contribution in [1.29, 1.82) is 0 Å². The first-order chi connectivity index (χ1) is 15.3.